The summed E-state index contributed by atoms with van der Waals surface area (Å²) in [6.07, 6.45) is 4.32. The first-order valence-corrected chi connectivity index (χ1v) is 8.31. The highest BCUT2D eigenvalue weighted by Crippen LogP contribution is 2.43. The Morgan fingerprint density at radius 3 is 3.04 bits per heavy atom. The lowest BCUT2D eigenvalue weighted by atomic mass is 9.93. The molecular formula is C14H15N5O3S. The maximum absolute atomic E-state index is 11.7. The van der Waals surface area contributed by atoms with E-state index in [4.69, 9.17) is 4.74 Å². The molecule has 0 amide bonds. The van der Waals surface area contributed by atoms with Gasteiger partial charge >= 0.3 is 0 Å². The number of ether oxygens (including phenoxy) is 1. The number of nitrogens with one attached hydrogen (secondary N) is 3. The minimum atomic E-state index is -0.871. The van der Waals surface area contributed by atoms with Crippen molar-refractivity contribution in [3.8, 4) is 0 Å². The van der Waals surface area contributed by atoms with Crippen molar-refractivity contribution in [2.45, 2.75) is 17.2 Å². The third-order valence-corrected chi connectivity index (χ3v) is 5.12. The van der Waals surface area contributed by atoms with E-state index in [0.29, 0.717) is 23.7 Å². The van der Waals surface area contributed by atoms with Crippen LogP contribution >= 0.6 is 11.8 Å². The molecular weight excluding hydrogens is 318 g/mol. The number of hydrogen-bond acceptors (Lipinski definition) is 7. The van der Waals surface area contributed by atoms with E-state index in [2.05, 4.69) is 25.5 Å². The van der Waals surface area contributed by atoms with Gasteiger partial charge in [-0.2, -0.15) is 0 Å². The van der Waals surface area contributed by atoms with E-state index in [1.807, 2.05) is 18.4 Å². The topological polar surface area (TPSA) is 115 Å². The average molecular weight is 333 g/mol. The number of nitrogens with zero attached hydrogens (tertiary/aromatic N) is 2. The Morgan fingerprint density at radius 2 is 2.35 bits per heavy atom. The zero-order chi connectivity index (χ0) is 16.0. The van der Waals surface area contributed by atoms with E-state index in [1.165, 1.54) is 11.8 Å². The third kappa shape index (κ3) is 2.12. The van der Waals surface area contributed by atoms with Gasteiger partial charge in [-0.1, -0.05) is 6.07 Å². The Labute approximate surface area is 135 Å². The Hall–Kier alpha value is -2.10. The van der Waals surface area contributed by atoms with Crippen molar-refractivity contribution in [2.24, 2.45) is 4.99 Å². The van der Waals surface area contributed by atoms with Crippen LogP contribution in [-0.4, -0.2) is 45.7 Å². The molecule has 120 valence electrons. The van der Waals surface area contributed by atoms with Gasteiger partial charge in [0.25, 0.3) is 5.56 Å². The van der Waals surface area contributed by atoms with Gasteiger partial charge in [0.15, 0.2) is 6.29 Å². The number of H-pyrrole nitrogens is 2. The number of aliphatic hydroxyl groups is 1. The zero-order valence-corrected chi connectivity index (χ0v) is 13.1. The lowest BCUT2D eigenvalue weighted by Gasteiger charge is -2.38. The molecule has 0 spiro atoms. The summed E-state index contributed by atoms with van der Waals surface area (Å²) in [4.78, 5) is 19.9. The van der Waals surface area contributed by atoms with Gasteiger partial charge in [-0.25, -0.2) is 4.99 Å². The Kier molecular flexibility index (Phi) is 3.29. The van der Waals surface area contributed by atoms with E-state index in [-0.39, 0.29) is 11.5 Å². The first-order chi connectivity index (χ1) is 11.1. The molecule has 0 aromatic carbocycles. The van der Waals surface area contributed by atoms with E-state index in [1.54, 1.807) is 12.4 Å². The molecule has 8 nitrogen and oxygen atoms in total. The van der Waals surface area contributed by atoms with Crippen LogP contribution in [0.25, 0.3) is 0 Å². The third-order valence-electron chi connectivity index (χ3n) is 4.13. The molecule has 0 saturated carbocycles. The van der Waals surface area contributed by atoms with Crippen molar-refractivity contribution in [2.75, 3.05) is 18.2 Å². The monoisotopic (exact) mass is 333 g/mol. The molecule has 4 heterocycles. The largest absolute Gasteiger partial charge is 0.367 e. The predicted molar refractivity (Wildman–Crippen MR) is 86.8 cm³/mol. The summed E-state index contributed by atoms with van der Waals surface area (Å²) in [7, 11) is 0. The minimum absolute atomic E-state index is 0.133. The van der Waals surface area contributed by atoms with E-state index < -0.39 is 11.3 Å². The molecule has 2 aliphatic heterocycles. The number of aliphatic imine (C=N–C) groups is 1. The smallest absolute Gasteiger partial charge is 0.274 e. The van der Waals surface area contributed by atoms with Crippen LogP contribution < -0.4 is 10.9 Å². The second kappa shape index (κ2) is 5.22. The first kappa shape index (κ1) is 14.5. The van der Waals surface area contributed by atoms with Crippen LogP contribution in [0.1, 0.15) is 22.7 Å². The van der Waals surface area contributed by atoms with Gasteiger partial charge in [-0.05, 0) is 17.9 Å². The van der Waals surface area contributed by atoms with Crippen LogP contribution in [-0.2, 0) is 9.73 Å². The van der Waals surface area contributed by atoms with Gasteiger partial charge < -0.3 is 15.2 Å². The fourth-order valence-corrected chi connectivity index (χ4v) is 3.52. The van der Waals surface area contributed by atoms with Crippen LogP contribution in [0, 0.1) is 0 Å². The molecule has 2 aliphatic rings. The van der Waals surface area contributed by atoms with Crippen molar-refractivity contribution in [3.05, 3.63) is 45.5 Å². The van der Waals surface area contributed by atoms with Gasteiger partial charge in [-0.15, -0.1) is 11.8 Å². The molecule has 4 N–H and O–H groups in total. The maximum atomic E-state index is 11.7. The molecule has 1 saturated heterocycles. The summed E-state index contributed by atoms with van der Waals surface area (Å²) in [6, 6.07) is 3.75. The van der Waals surface area contributed by atoms with Crippen LogP contribution in [0.2, 0.25) is 0 Å². The molecule has 3 unspecified atom stereocenters. The van der Waals surface area contributed by atoms with Gasteiger partial charge in [-0.3, -0.25) is 20.0 Å². The van der Waals surface area contributed by atoms with Crippen molar-refractivity contribution in [1.82, 2.24) is 15.2 Å². The number of aromatic amines is 2. The van der Waals surface area contributed by atoms with E-state index in [0.717, 1.165) is 5.56 Å². The molecule has 3 atom stereocenters. The van der Waals surface area contributed by atoms with Crippen LogP contribution in [0.4, 0.5) is 5.82 Å². The summed E-state index contributed by atoms with van der Waals surface area (Å²) in [5.41, 5.74) is 1.81. The molecule has 9 heteroatoms. The van der Waals surface area contributed by atoms with Crippen LogP contribution in [0.15, 0.2) is 28.1 Å². The highest BCUT2D eigenvalue weighted by molar-refractivity contribution is 7.99. The average Bonchev–Trinajstić information content (AvgIpc) is 2.94. The molecule has 2 aromatic rings. The first-order valence-electron chi connectivity index (χ1n) is 7.09. The quantitative estimate of drug-likeness (QED) is 0.652. The highest BCUT2D eigenvalue weighted by Gasteiger charge is 2.42. The van der Waals surface area contributed by atoms with Crippen LogP contribution in [0.3, 0.4) is 0 Å². The zero-order valence-electron chi connectivity index (χ0n) is 12.2. The number of pyridine rings is 1. The van der Waals surface area contributed by atoms with Gasteiger partial charge in [0.2, 0.25) is 4.99 Å². The number of anilines is 1. The van der Waals surface area contributed by atoms with E-state index >= 15 is 0 Å². The fraction of sp³-hybridized carbons (Fsp3) is 0.357. The number of rotatable bonds is 3. The lowest BCUT2D eigenvalue weighted by molar-refractivity contribution is -0.202. The van der Waals surface area contributed by atoms with Gasteiger partial charge in [0, 0.05) is 12.4 Å². The minimum Gasteiger partial charge on any atom is -0.367 e. The molecule has 23 heavy (non-hydrogen) atoms. The number of fused-ring (bicyclic) bond motifs is 1. The second-order valence-electron chi connectivity index (χ2n) is 5.37. The lowest BCUT2D eigenvalue weighted by Crippen LogP contribution is -2.41. The van der Waals surface area contributed by atoms with Gasteiger partial charge in [0.1, 0.15) is 17.1 Å². The fourth-order valence-electron chi connectivity index (χ4n) is 2.79. The summed E-state index contributed by atoms with van der Waals surface area (Å²) in [6.45, 7) is 0.445. The highest BCUT2D eigenvalue weighted by atomic mass is 32.2. The molecule has 1 fully saturated rings. The van der Waals surface area contributed by atoms with Crippen molar-refractivity contribution >= 4 is 23.8 Å². The van der Waals surface area contributed by atoms with Gasteiger partial charge in [0.05, 0.1) is 12.5 Å². The molecule has 0 bridgehead atoms. The Bertz CT molecular complexity index is 832. The number of aliphatic hydroxyl groups excluding tert-OH is 1. The molecule has 2 aromatic heterocycles. The van der Waals surface area contributed by atoms with Crippen molar-refractivity contribution in [3.63, 3.8) is 0 Å². The standard InChI is InChI=1S/C14H15N5O3S/c1-23-14(16-5-8-11(17-14)18-19-12(8)20)10-7(3-2-4-15-10)9-6-22-13(9)21/h2-5,9,13,21H,6H2,1H3,(H3,17,18,19,20). The molecule has 4 rings (SSSR count). The maximum Gasteiger partial charge on any atom is 0.274 e. The van der Waals surface area contributed by atoms with E-state index in [9.17, 15) is 9.90 Å². The van der Waals surface area contributed by atoms with Crippen LogP contribution in [0.5, 0.6) is 0 Å². The number of thioether (sulfide) groups is 1. The molecule has 0 aliphatic carbocycles. The van der Waals surface area contributed by atoms with Crippen molar-refractivity contribution < 1.29 is 9.84 Å². The second-order valence-corrected chi connectivity index (χ2v) is 6.37. The Morgan fingerprint density at radius 1 is 1.48 bits per heavy atom. The number of hydrogen-bond donors (Lipinski definition) is 4. The normalized spacial score (nSPS) is 28.8. The summed E-state index contributed by atoms with van der Waals surface area (Å²) in [5, 5.41) is 18.4. The number of aromatic nitrogens is 3. The Balaban J connectivity index is 1.81. The summed E-state index contributed by atoms with van der Waals surface area (Å²) >= 11 is 1.46. The SMILES string of the molecule is CSC1(c2ncccc2C2COC2O)N=Cc2c([nH][nH]c2=O)N1. The van der Waals surface area contributed by atoms with Crippen molar-refractivity contribution in [1.29, 1.82) is 0 Å². The predicted octanol–water partition coefficient (Wildman–Crippen LogP) is 0.548. The summed E-state index contributed by atoms with van der Waals surface area (Å²) < 4.78 is 5.08. The molecule has 0 radical (unpaired) electrons. The summed E-state index contributed by atoms with van der Waals surface area (Å²) in [5.74, 6) is 0.438.